The molecule has 19 heavy (non-hydrogen) atoms. The Balaban J connectivity index is 2.48. The summed E-state index contributed by atoms with van der Waals surface area (Å²) in [6, 6.07) is 2.89. The zero-order valence-corrected chi connectivity index (χ0v) is 10.7. The van der Waals surface area contributed by atoms with Crippen molar-refractivity contribution in [3.8, 4) is 0 Å². The lowest BCUT2D eigenvalue weighted by atomic mass is 10.0. The third-order valence-electron chi connectivity index (χ3n) is 2.78. The molecule has 1 N–H and O–H groups in total. The maximum absolute atomic E-state index is 13.4. The first-order valence-electron chi connectivity index (χ1n) is 5.30. The highest BCUT2D eigenvalue weighted by Gasteiger charge is 2.46. The molecule has 9 heteroatoms. The Labute approximate surface area is 108 Å². The summed E-state index contributed by atoms with van der Waals surface area (Å²) in [6.45, 7) is 1.09. The molecule has 7 nitrogen and oxygen atoms in total. The smallest absolute Gasteiger partial charge is 0.324 e. The van der Waals surface area contributed by atoms with Gasteiger partial charge in [-0.15, -0.1) is 0 Å². The van der Waals surface area contributed by atoms with Gasteiger partial charge in [0, 0.05) is 13.1 Å². The number of nitro groups is 1. The van der Waals surface area contributed by atoms with Crippen LogP contribution >= 0.6 is 0 Å². The molecule has 1 heterocycles. The average molecular weight is 290 g/mol. The van der Waals surface area contributed by atoms with Gasteiger partial charge < -0.3 is 5.11 Å². The lowest BCUT2D eigenvalue weighted by molar-refractivity contribution is -0.390. The summed E-state index contributed by atoms with van der Waals surface area (Å²) in [5.74, 6) is -1.21. The highest BCUT2D eigenvalue weighted by atomic mass is 32.2. The van der Waals surface area contributed by atoms with Gasteiger partial charge in [0.15, 0.2) is 4.90 Å². The molecular formula is C10H11FN2O5S. The van der Waals surface area contributed by atoms with E-state index in [9.17, 15) is 28.0 Å². The van der Waals surface area contributed by atoms with Gasteiger partial charge in [-0.25, -0.2) is 8.42 Å². The summed E-state index contributed by atoms with van der Waals surface area (Å²) < 4.78 is 38.5. The highest BCUT2D eigenvalue weighted by Crippen LogP contribution is 2.33. The number of hydrogen-bond acceptors (Lipinski definition) is 5. The van der Waals surface area contributed by atoms with Crippen LogP contribution in [0.2, 0.25) is 0 Å². The van der Waals surface area contributed by atoms with Gasteiger partial charge in [-0.3, -0.25) is 10.1 Å². The van der Waals surface area contributed by atoms with Crippen molar-refractivity contribution < 1.29 is 22.8 Å². The lowest BCUT2D eigenvalue weighted by Gasteiger charge is -2.42. The molecule has 104 valence electrons. The van der Waals surface area contributed by atoms with E-state index in [1.807, 2.05) is 0 Å². The molecule has 0 saturated carbocycles. The number of rotatable bonds is 3. The van der Waals surface area contributed by atoms with Crippen molar-refractivity contribution in [2.24, 2.45) is 0 Å². The van der Waals surface area contributed by atoms with Crippen LogP contribution in [0.1, 0.15) is 6.92 Å². The van der Waals surface area contributed by atoms with Gasteiger partial charge in [-0.1, -0.05) is 6.07 Å². The second kappa shape index (κ2) is 4.22. The Hall–Kier alpha value is -1.58. The first kappa shape index (κ1) is 13.8. The molecule has 1 saturated heterocycles. The van der Waals surface area contributed by atoms with E-state index in [1.54, 1.807) is 0 Å². The Morgan fingerprint density at radius 3 is 2.53 bits per heavy atom. The summed E-state index contributed by atoms with van der Waals surface area (Å²) in [4.78, 5) is 9.01. The second-order valence-electron chi connectivity index (χ2n) is 4.61. The summed E-state index contributed by atoms with van der Waals surface area (Å²) in [6.07, 6.45) is 0. The van der Waals surface area contributed by atoms with Crippen LogP contribution in [0.5, 0.6) is 0 Å². The minimum absolute atomic E-state index is 0.178. The topological polar surface area (TPSA) is 101 Å². The van der Waals surface area contributed by atoms with E-state index < -0.39 is 36.9 Å². The number of β-amino-alcohol motifs (C(OH)–C–C–N with tert-alkyl or cyclic N) is 1. The third-order valence-corrected chi connectivity index (χ3v) is 4.61. The molecule has 0 atom stereocenters. The van der Waals surface area contributed by atoms with Crippen molar-refractivity contribution >= 4 is 15.7 Å². The van der Waals surface area contributed by atoms with Gasteiger partial charge >= 0.3 is 5.69 Å². The molecule has 0 bridgehead atoms. The standard InChI is InChI=1S/C10H11FN2O5S/c1-10(14)5-12(6-10)19(17,18)8-4-2-3-7(11)9(8)13(15)16/h2-4,14H,5-6H2,1H3. The van der Waals surface area contributed by atoms with E-state index in [1.165, 1.54) is 6.92 Å². The lowest BCUT2D eigenvalue weighted by Crippen LogP contribution is -2.61. The van der Waals surface area contributed by atoms with Gasteiger partial charge in [0.25, 0.3) is 0 Å². The Morgan fingerprint density at radius 1 is 1.47 bits per heavy atom. The summed E-state index contributed by atoms with van der Waals surface area (Å²) in [5.41, 5.74) is -2.23. The van der Waals surface area contributed by atoms with E-state index in [0.29, 0.717) is 0 Å². The maximum atomic E-state index is 13.4. The molecule has 0 aromatic heterocycles. The molecule has 1 aliphatic rings. The zero-order valence-electron chi connectivity index (χ0n) is 9.91. The third kappa shape index (κ3) is 2.31. The molecule has 2 rings (SSSR count). The van der Waals surface area contributed by atoms with Crippen LogP contribution in [-0.4, -0.2) is 41.4 Å². The Morgan fingerprint density at radius 2 is 2.05 bits per heavy atom. The number of para-hydroxylation sites is 1. The first-order valence-corrected chi connectivity index (χ1v) is 6.75. The molecule has 1 aromatic carbocycles. The first-order chi connectivity index (χ1) is 8.65. The molecule has 0 radical (unpaired) electrons. The SMILES string of the molecule is CC1(O)CN(S(=O)(=O)c2cccc(F)c2[N+](=O)[O-])C1. The molecular weight excluding hydrogens is 279 g/mol. The minimum atomic E-state index is -4.18. The number of halogens is 1. The van der Waals surface area contributed by atoms with Crippen molar-refractivity contribution in [1.82, 2.24) is 4.31 Å². The molecule has 1 aromatic rings. The summed E-state index contributed by atoms with van der Waals surface area (Å²) in [5, 5.41) is 20.3. The van der Waals surface area contributed by atoms with Crippen LogP contribution in [-0.2, 0) is 10.0 Å². The largest absolute Gasteiger partial charge is 0.387 e. The van der Waals surface area contributed by atoms with Gasteiger partial charge in [0.05, 0.1) is 10.5 Å². The maximum Gasteiger partial charge on any atom is 0.324 e. The highest BCUT2D eigenvalue weighted by molar-refractivity contribution is 7.89. The van der Waals surface area contributed by atoms with Gasteiger partial charge in [-0.2, -0.15) is 8.70 Å². The van der Waals surface area contributed by atoms with Crippen LogP contribution in [0.25, 0.3) is 0 Å². The predicted molar refractivity (Wildman–Crippen MR) is 62.4 cm³/mol. The van der Waals surface area contributed by atoms with Crippen molar-refractivity contribution in [2.75, 3.05) is 13.1 Å². The normalized spacial score (nSPS) is 18.9. The van der Waals surface area contributed by atoms with Crippen LogP contribution in [0, 0.1) is 15.9 Å². The fraction of sp³-hybridized carbons (Fsp3) is 0.400. The zero-order chi connectivity index (χ0) is 14.4. The van der Waals surface area contributed by atoms with Gasteiger partial charge in [0.2, 0.25) is 15.8 Å². The van der Waals surface area contributed by atoms with Crippen LogP contribution < -0.4 is 0 Å². The molecule has 0 spiro atoms. The van der Waals surface area contributed by atoms with Crippen molar-refractivity contribution in [1.29, 1.82) is 0 Å². The van der Waals surface area contributed by atoms with E-state index in [-0.39, 0.29) is 13.1 Å². The molecule has 1 aliphatic heterocycles. The molecule has 1 fully saturated rings. The number of nitro benzene ring substituents is 1. The molecule has 0 unspecified atom stereocenters. The van der Waals surface area contributed by atoms with E-state index in [2.05, 4.69) is 0 Å². The Bertz CT molecular complexity index is 635. The number of hydrogen-bond donors (Lipinski definition) is 1. The van der Waals surface area contributed by atoms with Gasteiger partial charge in [0.1, 0.15) is 0 Å². The summed E-state index contributed by atoms with van der Waals surface area (Å²) in [7, 11) is -4.18. The van der Waals surface area contributed by atoms with E-state index in [4.69, 9.17) is 0 Å². The average Bonchev–Trinajstić information content (AvgIpc) is 2.24. The minimum Gasteiger partial charge on any atom is -0.387 e. The molecule has 0 aliphatic carbocycles. The second-order valence-corrected chi connectivity index (χ2v) is 6.52. The summed E-state index contributed by atoms with van der Waals surface area (Å²) >= 11 is 0. The van der Waals surface area contributed by atoms with Gasteiger partial charge in [-0.05, 0) is 19.1 Å². The van der Waals surface area contributed by atoms with Crippen LogP contribution in [0.15, 0.2) is 23.1 Å². The number of sulfonamides is 1. The fourth-order valence-electron chi connectivity index (χ4n) is 1.90. The van der Waals surface area contributed by atoms with Crippen LogP contribution in [0.4, 0.5) is 10.1 Å². The number of benzene rings is 1. The fourth-order valence-corrected chi connectivity index (χ4v) is 3.74. The monoisotopic (exact) mass is 290 g/mol. The Kier molecular flexibility index (Phi) is 3.07. The quantitative estimate of drug-likeness (QED) is 0.645. The van der Waals surface area contributed by atoms with E-state index in [0.717, 1.165) is 22.5 Å². The van der Waals surface area contributed by atoms with Crippen molar-refractivity contribution in [3.05, 3.63) is 34.1 Å². The number of aliphatic hydroxyl groups is 1. The predicted octanol–water partition coefficient (Wildman–Crippen LogP) is 0.489. The molecule has 0 amide bonds. The van der Waals surface area contributed by atoms with Crippen molar-refractivity contribution in [2.45, 2.75) is 17.4 Å². The van der Waals surface area contributed by atoms with Crippen molar-refractivity contribution in [3.63, 3.8) is 0 Å². The van der Waals surface area contributed by atoms with E-state index >= 15 is 0 Å². The number of nitrogens with zero attached hydrogens (tertiary/aromatic N) is 2. The van der Waals surface area contributed by atoms with Crippen LogP contribution in [0.3, 0.4) is 0 Å².